The van der Waals surface area contributed by atoms with E-state index in [-0.39, 0.29) is 5.92 Å². The Labute approximate surface area is 110 Å². The first kappa shape index (κ1) is 10.7. The maximum absolute atomic E-state index is 5.81. The number of hydrogen-bond acceptors (Lipinski definition) is 5. The number of anilines is 1. The lowest BCUT2D eigenvalue weighted by molar-refractivity contribution is 0.339. The van der Waals surface area contributed by atoms with E-state index in [0.717, 1.165) is 35.8 Å². The Bertz CT molecular complexity index is 639. The molecule has 2 aromatic rings. The lowest BCUT2D eigenvalue weighted by Crippen LogP contribution is -2.12. The Hall–Kier alpha value is -2.17. The molecule has 2 N–H and O–H groups in total. The summed E-state index contributed by atoms with van der Waals surface area (Å²) in [6.45, 7) is 0.576. The summed E-state index contributed by atoms with van der Waals surface area (Å²) in [6.07, 6.45) is 2.31. The van der Waals surface area contributed by atoms with Crippen molar-refractivity contribution in [3.63, 3.8) is 0 Å². The SMILES string of the molecule is Nc1nc(C2CC2)nc(C2COc3ccccc32)n1. The number of benzene rings is 1. The van der Waals surface area contributed by atoms with Crippen LogP contribution in [0, 0.1) is 0 Å². The number of hydrogen-bond donors (Lipinski definition) is 1. The summed E-state index contributed by atoms with van der Waals surface area (Å²) in [5.74, 6) is 3.35. The van der Waals surface area contributed by atoms with Gasteiger partial charge in [0.2, 0.25) is 5.95 Å². The summed E-state index contributed by atoms with van der Waals surface area (Å²) in [5, 5.41) is 0. The number of aromatic nitrogens is 3. The molecule has 0 radical (unpaired) electrons. The number of nitrogen functional groups attached to an aromatic ring is 1. The number of para-hydroxylation sites is 1. The van der Waals surface area contributed by atoms with E-state index in [1.54, 1.807) is 0 Å². The van der Waals surface area contributed by atoms with E-state index in [1.165, 1.54) is 0 Å². The van der Waals surface area contributed by atoms with Crippen LogP contribution in [0.15, 0.2) is 24.3 Å². The van der Waals surface area contributed by atoms with Crippen LogP contribution in [-0.4, -0.2) is 21.6 Å². The minimum atomic E-state index is 0.0685. The molecule has 5 nitrogen and oxygen atoms in total. The Morgan fingerprint density at radius 1 is 1.05 bits per heavy atom. The second kappa shape index (κ2) is 3.91. The molecule has 0 saturated heterocycles. The van der Waals surface area contributed by atoms with Crippen LogP contribution in [0.2, 0.25) is 0 Å². The number of nitrogens with zero attached hydrogens (tertiary/aromatic N) is 3. The van der Waals surface area contributed by atoms with Gasteiger partial charge in [0.1, 0.15) is 24.0 Å². The minimum Gasteiger partial charge on any atom is -0.492 e. The second-order valence-electron chi connectivity index (χ2n) is 5.09. The van der Waals surface area contributed by atoms with Crippen molar-refractivity contribution in [2.75, 3.05) is 12.3 Å². The Morgan fingerprint density at radius 3 is 2.68 bits per heavy atom. The van der Waals surface area contributed by atoms with Crippen LogP contribution < -0.4 is 10.5 Å². The molecule has 96 valence electrons. The van der Waals surface area contributed by atoms with Crippen molar-refractivity contribution < 1.29 is 4.74 Å². The van der Waals surface area contributed by atoms with Crippen LogP contribution in [0.5, 0.6) is 5.75 Å². The van der Waals surface area contributed by atoms with Crippen molar-refractivity contribution in [3.05, 3.63) is 41.5 Å². The molecule has 2 aliphatic rings. The molecule has 0 amide bonds. The van der Waals surface area contributed by atoms with E-state index in [2.05, 4.69) is 21.0 Å². The van der Waals surface area contributed by atoms with Crippen molar-refractivity contribution in [2.45, 2.75) is 24.7 Å². The first-order valence-corrected chi connectivity index (χ1v) is 6.54. The molecule has 4 rings (SSSR count). The van der Waals surface area contributed by atoms with Gasteiger partial charge in [0.05, 0.1) is 5.92 Å². The van der Waals surface area contributed by atoms with Gasteiger partial charge >= 0.3 is 0 Å². The molecule has 1 aliphatic carbocycles. The van der Waals surface area contributed by atoms with Gasteiger partial charge in [-0.25, -0.2) is 4.98 Å². The average Bonchev–Trinajstić information content (AvgIpc) is 3.18. The summed E-state index contributed by atoms with van der Waals surface area (Å²) in [5.41, 5.74) is 6.94. The summed E-state index contributed by atoms with van der Waals surface area (Å²) in [4.78, 5) is 13.1. The van der Waals surface area contributed by atoms with E-state index in [9.17, 15) is 0 Å². The molecule has 0 spiro atoms. The second-order valence-corrected chi connectivity index (χ2v) is 5.09. The smallest absolute Gasteiger partial charge is 0.223 e. The fourth-order valence-electron chi connectivity index (χ4n) is 2.48. The minimum absolute atomic E-state index is 0.0685. The summed E-state index contributed by atoms with van der Waals surface area (Å²) < 4.78 is 5.68. The van der Waals surface area contributed by atoms with Crippen LogP contribution in [0.25, 0.3) is 0 Å². The van der Waals surface area contributed by atoms with Crippen molar-refractivity contribution in [2.24, 2.45) is 0 Å². The maximum atomic E-state index is 5.81. The molecule has 1 aromatic carbocycles. The largest absolute Gasteiger partial charge is 0.492 e. The molecule has 1 atom stereocenters. The standard InChI is InChI=1S/C14H14N4O/c15-14-17-12(8-5-6-8)16-13(18-14)10-7-19-11-4-2-1-3-9(10)11/h1-4,8,10H,5-7H2,(H2,15,16,17,18). The third-order valence-corrected chi connectivity index (χ3v) is 3.64. The van der Waals surface area contributed by atoms with E-state index in [4.69, 9.17) is 10.5 Å². The van der Waals surface area contributed by atoms with Gasteiger partial charge in [0.15, 0.2) is 0 Å². The average molecular weight is 254 g/mol. The molecule has 2 heterocycles. The Morgan fingerprint density at radius 2 is 1.84 bits per heavy atom. The van der Waals surface area contributed by atoms with Crippen molar-refractivity contribution in [1.29, 1.82) is 0 Å². The van der Waals surface area contributed by atoms with E-state index < -0.39 is 0 Å². The van der Waals surface area contributed by atoms with Gasteiger partial charge in [0, 0.05) is 11.5 Å². The number of rotatable bonds is 2. The van der Waals surface area contributed by atoms with Gasteiger partial charge in [-0.3, -0.25) is 0 Å². The highest BCUT2D eigenvalue weighted by Crippen LogP contribution is 2.40. The van der Waals surface area contributed by atoms with E-state index >= 15 is 0 Å². The quantitative estimate of drug-likeness (QED) is 0.885. The molecular weight excluding hydrogens is 240 g/mol. The van der Waals surface area contributed by atoms with Crippen LogP contribution >= 0.6 is 0 Å². The number of ether oxygens (including phenoxy) is 1. The predicted molar refractivity (Wildman–Crippen MR) is 70.0 cm³/mol. The topological polar surface area (TPSA) is 73.9 Å². The van der Waals surface area contributed by atoms with Crippen LogP contribution in [0.4, 0.5) is 5.95 Å². The summed E-state index contributed by atoms with van der Waals surface area (Å²) in [7, 11) is 0. The van der Waals surface area contributed by atoms with Crippen LogP contribution in [-0.2, 0) is 0 Å². The highest BCUT2D eigenvalue weighted by Gasteiger charge is 2.31. The lowest BCUT2D eigenvalue weighted by atomic mass is 10.0. The third-order valence-electron chi connectivity index (χ3n) is 3.64. The van der Waals surface area contributed by atoms with Gasteiger partial charge in [-0.15, -0.1) is 0 Å². The van der Waals surface area contributed by atoms with Crippen molar-refractivity contribution in [1.82, 2.24) is 15.0 Å². The zero-order valence-electron chi connectivity index (χ0n) is 10.4. The molecule has 19 heavy (non-hydrogen) atoms. The van der Waals surface area contributed by atoms with Gasteiger partial charge in [-0.05, 0) is 18.9 Å². The molecular formula is C14H14N4O. The van der Waals surface area contributed by atoms with E-state index in [1.807, 2.05) is 18.2 Å². The zero-order chi connectivity index (χ0) is 12.8. The van der Waals surface area contributed by atoms with Gasteiger partial charge in [-0.1, -0.05) is 18.2 Å². The normalized spacial score (nSPS) is 20.9. The number of nitrogens with two attached hydrogens (primary N) is 1. The van der Waals surface area contributed by atoms with Crippen molar-refractivity contribution >= 4 is 5.95 Å². The van der Waals surface area contributed by atoms with Gasteiger partial charge < -0.3 is 10.5 Å². The predicted octanol–water partition coefficient (Wildman–Crippen LogP) is 1.86. The molecule has 1 fully saturated rings. The van der Waals surface area contributed by atoms with Gasteiger partial charge in [-0.2, -0.15) is 9.97 Å². The number of fused-ring (bicyclic) bond motifs is 1. The van der Waals surface area contributed by atoms with Crippen LogP contribution in [0.1, 0.15) is 41.9 Å². The maximum Gasteiger partial charge on any atom is 0.223 e. The lowest BCUT2D eigenvalue weighted by Gasteiger charge is -2.09. The third kappa shape index (κ3) is 1.82. The fraction of sp³-hybridized carbons (Fsp3) is 0.357. The monoisotopic (exact) mass is 254 g/mol. The highest BCUT2D eigenvalue weighted by atomic mass is 16.5. The van der Waals surface area contributed by atoms with E-state index in [0.29, 0.717) is 18.5 Å². The Kier molecular flexibility index (Phi) is 2.21. The first-order chi connectivity index (χ1) is 9.31. The highest BCUT2D eigenvalue weighted by molar-refractivity contribution is 5.43. The summed E-state index contributed by atoms with van der Waals surface area (Å²) >= 11 is 0. The first-order valence-electron chi connectivity index (χ1n) is 6.54. The molecule has 1 saturated carbocycles. The summed E-state index contributed by atoms with van der Waals surface area (Å²) in [6, 6.07) is 8.01. The fourth-order valence-corrected chi connectivity index (χ4v) is 2.48. The molecule has 5 heteroatoms. The van der Waals surface area contributed by atoms with Crippen LogP contribution in [0.3, 0.4) is 0 Å². The van der Waals surface area contributed by atoms with Crippen molar-refractivity contribution in [3.8, 4) is 5.75 Å². The van der Waals surface area contributed by atoms with Gasteiger partial charge in [0.25, 0.3) is 0 Å². The molecule has 0 bridgehead atoms. The molecule has 1 aromatic heterocycles. The Balaban J connectivity index is 1.77. The zero-order valence-corrected chi connectivity index (χ0v) is 10.4. The molecule has 1 unspecified atom stereocenters. The molecule has 1 aliphatic heterocycles.